The van der Waals surface area contributed by atoms with Gasteiger partial charge in [0.1, 0.15) is 5.60 Å². The molecule has 3 rings (SSSR count). The van der Waals surface area contributed by atoms with Gasteiger partial charge in [-0.3, -0.25) is 0 Å². The molecule has 0 spiro atoms. The van der Waals surface area contributed by atoms with Crippen LogP contribution in [0.1, 0.15) is 17.7 Å². The maximum absolute atomic E-state index is 10.7. The lowest BCUT2D eigenvalue weighted by Crippen LogP contribution is -2.42. The topological polar surface area (TPSA) is 23.5 Å². The van der Waals surface area contributed by atoms with Gasteiger partial charge in [0.15, 0.2) is 0 Å². The number of piperidine rings is 1. The van der Waals surface area contributed by atoms with Gasteiger partial charge in [0.2, 0.25) is 0 Å². The van der Waals surface area contributed by atoms with Gasteiger partial charge in [-0.15, -0.1) is 11.3 Å². The highest BCUT2D eigenvalue weighted by molar-refractivity contribution is 7.10. The highest BCUT2D eigenvalue weighted by atomic mass is 32.1. The maximum atomic E-state index is 10.7. The van der Waals surface area contributed by atoms with Crippen LogP contribution in [0.15, 0.2) is 47.8 Å². The number of anilines is 1. The van der Waals surface area contributed by atoms with E-state index < -0.39 is 5.60 Å². The molecule has 18 heavy (non-hydrogen) atoms. The first-order valence-electron chi connectivity index (χ1n) is 6.34. The number of hydrogen-bond acceptors (Lipinski definition) is 3. The first-order valence-corrected chi connectivity index (χ1v) is 7.22. The zero-order valence-corrected chi connectivity index (χ0v) is 11.1. The number of rotatable bonds is 2. The molecule has 1 aromatic carbocycles. The molecule has 0 saturated carbocycles. The third-order valence-electron chi connectivity index (χ3n) is 3.69. The van der Waals surface area contributed by atoms with Crippen molar-refractivity contribution in [3.8, 4) is 0 Å². The van der Waals surface area contributed by atoms with Crippen molar-refractivity contribution in [1.82, 2.24) is 0 Å². The molecular weight excluding hydrogens is 242 g/mol. The number of nitrogens with zero attached hydrogens (tertiary/aromatic N) is 1. The highest BCUT2D eigenvalue weighted by Crippen LogP contribution is 2.36. The van der Waals surface area contributed by atoms with Gasteiger partial charge in [-0.05, 0) is 36.4 Å². The SMILES string of the molecule is OC1(c2cccs2)CCN(c2ccccc2)CC1. The molecule has 1 fully saturated rings. The Hall–Kier alpha value is -1.32. The third-order valence-corrected chi connectivity index (χ3v) is 4.75. The van der Waals surface area contributed by atoms with E-state index in [1.807, 2.05) is 23.6 Å². The minimum absolute atomic E-state index is 0.612. The molecule has 3 heteroatoms. The molecule has 2 aromatic rings. The Morgan fingerprint density at radius 2 is 1.72 bits per heavy atom. The van der Waals surface area contributed by atoms with Crippen molar-refractivity contribution in [2.45, 2.75) is 18.4 Å². The van der Waals surface area contributed by atoms with Crippen molar-refractivity contribution in [3.05, 3.63) is 52.7 Å². The molecular formula is C15H17NOS. The summed E-state index contributed by atoms with van der Waals surface area (Å²) in [6, 6.07) is 14.5. The van der Waals surface area contributed by atoms with Gasteiger partial charge >= 0.3 is 0 Å². The van der Waals surface area contributed by atoms with E-state index in [0.29, 0.717) is 0 Å². The second kappa shape index (κ2) is 4.75. The van der Waals surface area contributed by atoms with Crippen LogP contribution >= 0.6 is 11.3 Å². The predicted molar refractivity (Wildman–Crippen MR) is 76.1 cm³/mol. The lowest BCUT2D eigenvalue weighted by Gasteiger charge is -2.38. The van der Waals surface area contributed by atoms with Crippen LogP contribution in [0.25, 0.3) is 0 Å². The second-order valence-corrected chi connectivity index (χ2v) is 5.78. The van der Waals surface area contributed by atoms with Crippen molar-refractivity contribution in [2.75, 3.05) is 18.0 Å². The van der Waals surface area contributed by atoms with Gasteiger partial charge in [-0.1, -0.05) is 24.3 Å². The molecule has 1 aliphatic heterocycles. The molecule has 1 N–H and O–H groups in total. The van der Waals surface area contributed by atoms with Crippen LogP contribution in [0.3, 0.4) is 0 Å². The Balaban J connectivity index is 1.72. The summed E-state index contributed by atoms with van der Waals surface area (Å²) in [6.45, 7) is 1.83. The zero-order chi connectivity index (χ0) is 12.4. The van der Waals surface area contributed by atoms with Gasteiger partial charge in [0, 0.05) is 23.7 Å². The summed E-state index contributed by atoms with van der Waals surface area (Å²) in [6.07, 6.45) is 1.62. The minimum Gasteiger partial charge on any atom is -0.384 e. The molecule has 1 aliphatic rings. The van der Waals surface area contributed by atoms with Crippen LogP contribution in [0.4, 0.5) is 5.69 Å². The third kappa shape index (κ3) is 2.16. The summed E-state index contributed by atoms with van der Waals surface area (Å²) in [5, 5.41) is 12.7. The lowest BCUT2D eigenvalue weighted by molar-refractivity contribution is 0.0153. The van der Waals surface area contributed by atoms with E-state index in [2.05, 4.69) is 29.2 Å². The zero-order valence-electron chi connectivity index (χ0n) is 10.2. The normalized spacial score (nSPS) is 18.8. The first-order chi connectivity index (χ1) is 8.78. The Morgan fingerprint density at radius 3 is 2.33 bits per heavy atom. The molecule has 2 nitrogen and oxygen atoms in total. The van der Waals surface area contributed by atoms with E-state index in [0.717, 1.165) is 30.8 Å². The summed E-state index contributed by atoms with van der Waals surface area (Å²) in [4.78, 5) is 3.46. The fourth-order valence-corrected chi connectivity index (χ4v) is 3.45. The van der Waals surface area contributed by atoms with Crippen molar-refractivity contribution < 1.29 is 5.11 Å². The molecule has 1 saturated heterocycles. The summed E-state index contributed by atoms with van der Waals surface area (Å²) in [5.41, 5.74) is 0.644. The monoisotopic (exact) mass is 259 g/mol. The van der Waals surface area contributed by atoms with E-state index >= 15 is 0 Å². The second-order valence-electron chi connectivity index (χ2n) is 4.83. The summed E-state index contributed by atoms with van der Waals surface area (Å²) in [5.74, 6) is 0. The first kappa shape index (κ1) is 11.8. The molecule has 0 unspecified atom stereocenters. The Kier molecular flexibility index (Phi) is 3.10. The number of para-hydroxylation sites is 1. The standard InChI is InChI=1S/C15H17NOS/c17-15(14-7-4-12-18-14)8-10-16(11-9-15)13-5-2-1-3-6-13/h1-7,12,17H,8-11H2. The molecule has 0 bridgehead atoms. The van der Waals surface area contributed by atoms with Crippen LogP contribution in [-0.4, -0.2) is 18.2 Å². The number of thiophene rings is 1. The van der Waals surface area contributed by atoms with Crippen molar-refractivity contribution in [1.29, 1.82) is 0 Å². The van der Waals surface area contributed by atoms with Gasteiger partial charge in [-0.25, -0.2) is 0 Å². The molecule has 94 valence electrons. The molecule has 0 aliphatic carbocycles. The van der Waals surface area contributed by atoms with Crippen LogP contribution in [0.2, 0.25) is 0 Å². The molecule has 0 atom stereocenters. The van der Waals surface area contributed by atoms with Gasteiger partial charge < -0.3 is 10.0 Å². The summed E-state index contributed by atoms with van der Waals surface area (Å²) >= 11 is 1.66. The lowest BCUT2D eigenvalue weighted by atomic mass is 9.89. The molecule has 2 heterocycles. The van der Waals surface area contributed by atoms with E-state index in [4.69, 9.17) is 0 Å². The van der Waals surface area contributed by atoms with Gasteiger partial charge in [-0.2, -0.15) is 0 Å². The molecule has 1 aromatic heterocycles. The minimum atomic E-state index is -0.612. The molecule has 0 radical (unpaired) electrons. The van der Waals surface area contributed by atoms with E-state index in [1.165, 1.54) is 5.69 Å². The maximum Gasteiger partial charge on any atom is 0.102 e. The number of benzene rings is 1. The smallest absolute Gasteiger partial charge is 0.102 e. The Bertz CT molecular complexity index is 486. The van der Waals surface area contributed by atoms with Crippen LogP contribution in [0, 0.1) is 0 Å². The number of hydrogen-bond donors (Lipinski definition) is 1. The van der Waals surface area contributed by atoms with E-state index in [-0.39, 0.29) is 0 Å². The average molecular weight is 259 g/mol. The van der Waals surface area contributed by atoms with Crippen LogP contribution in [0.5, 0.6) is 0 Å². The highest BCUT2D eigenvalue weighted by Gasteiger charge is 2.34. The summed E-state index contributed by atoms with van der Waals surface area (Å²) < 4.78 is 0. The Labute approximate surface area is 112 Å². The van der Waals surface area contributed by atoms with Crippen molar-refractivity contribution in [3.63, 3.8) is 0 Å². The van der Waals surface area contributed by atoms with Gasteiger partial charge in [0.05, 0.1) is 0 Å². The quantitative estimate of drug-likeness (QED) is 0.895. The summed E-state index contributed by atoms with van der Waals surface area (Å²) in [7, 11) is 0. The fraction of sp³-hybridized carbons (Fsp3) is 0.333. The predicted octanol–water partition coefficient (Wildman–Crippen LogP) is 3.24. The van der Waals surface area contributed by atoms with Crippen LogP contribution in [-0.2, 0) is 5.60 Å². The van der Waals surface area contributed by atoms with E-state index in [9.17, 15) is 5.11 Å². The van der Waals surface area contributed by atoms with Crippen molar-refractivity contribution >= 4 is 17.0 Å². The largest absolute Gasteiger partial charge is 0.384 e. The van der Waals surface area contributed by atoms with Crippen LogP contribution < -0.4 is 4.90 Å². The fourth-order valence-electron chi connectivity index (χ4n) is 2.56. The Morgan fingerprint density at radius 1 is 1.00 bits per heavy atom. The number of aliphatic hydroxyl groups is 1. The van der Waals surface area contributed by atoms with Gasteiger partial charge in [0.25, 0.3) is 0 Å². The molecule has 0 amide bonds. The van der Waals surface area contributed by atoms with Crippen molar-refractivity contribution in [2.24, 2.45) is 0 Å². The average Bonchev–Trinajstić information content (AvgIpc) is 2.95. The van der Waals surface area contributed by atoms with E-state index in [1.54, 1.807) is 11.3 Å².